The third-order valence-corrected chi connectivity index (χ3v) is 5.70. The Morgan fingerprint density at radius 3 is 2.72 bits per heavy atom. The first kappa shape index (κ1) is 19.7. The highest BCUT2D eigenvalue weighted by atomic mass is 32.2. The summed E-state index contributed by atoms with van der Waals surface area (Å²) in [6.45, 7) is 5.72. The highest BCUT2D eigenvalue weighted by Crippen LogP contribution is 2.30. The van der Waals surface area contributed by atoms with Crippen LogP contribution in [-0.4, -0.2) is 36.0 Å². The monoisotopic (exact) mass is 379 g/mol. The summed E-state index contributed by atoms with van der Waals surface area (Å²) in [7, 11) is 1.63. The van der Waals surface area contributed by atoms with Gasteiger partial charge in [-0.1, -0.05) is 12.1 Å². The molecule has 1 aromatic carbocycles. The molecule has 0 bridgehead atoms. The lowest BCUT2D eigenvalue weighted by Gasteiger charge is -2.24. The average molecular weight is 380 g/mol. The van der Waals surface area contributed by atoms with Crippen molar-refractivity contribution in [2.24, 2.45) is 0 Å². The number of carbonyl (C=O) groups is 1. The molecule has 1 amide bonds. The molecule has 0 aliphatic carbocycles. The van der Waals surface area contributed by atoms with Gasteiger partial charge in [0.25, 0.3) is 0 Å². The smallest absolute Gasteiger partial charge is 0.235 e. The quantitative estimate of drug-likeness (QED) is 0.646. The van der Waals surface area contributed by atoms with Crippen LogP contribution < -0.4 is 9.47 Å². The summed E-state index contributed by atoms with van der Waals surface area (Å²) in [6.07, 6.45) is 1.96. The Balaban J connectivity index is 2.07. The highest BCUT2D eigenvalue weighted by Gasteiger charge is 2.19. The summed E-state index contributed by atoms with van der Waals surface area (Å²) < 4.78 is 11.3. The van der Waals surface area contributed by atoms with Crippen molar-refractivity contribution in [1.29, 1.82) is 0 Å². The summed E-state index contributed by atoms with van der Waals surface area (Å²) in [5.41, 5.74) is 1.03. The van der Waals surface area contributed by atoms with E-state index in [9.17, 15) is 4.79 Å². The summed E-state index contributed by atoms with van der Waals surface area (Å²) in [5.74, 6) is 1.56. The molecule has 6 heteroatoms. The number of thioether (sulfide) groups is 1. The molecule has 1 aromatic heterocycles. The number of benzene rings is 1. The average Bonchev–Trinajstić information content (AvgIpc) is 3.17. The van der Waals surface area contributed by atoms with Crippen LogP contribution in [-0.2, 0) is 17.9 Å². The molecule has 0 aliphatic heterocycles. The van der Waals surface area contributed by atoms with Crippen molar-refractivity contribution in [3.8, 4) is 11.5 Å². The predicted molar refractivity (Wildman–Crippen MR) is 106 cm³/mol. The zero-order chi connectivity index (χ0) is 18.2. The zero-order valence-electron chi connectivity index (χ0n) is 15.2. The molecule has 1 unspecified atom stereocenters. The Morgan fingerprint density at radius 2 is 2.12 bits per heavy atom. The number of hydrogen-bond donors (Lipinski definition) is 0. The van der Waals surface area contributed by atoms with Gasteiger partial charge in [-0.3, -0.25) is 4.79 Å². The SMILES string of the molecule is CCN(Cc1ccc(OCc2cccs2)c(OC)c1)C(=O)C(C)SC. The molecule has 0 saturated carbocycles. The maximum absolute atomic E-state index is 12.4. The van der Waals surface area contributed by atoms with E-state index in [0.29, 0.717) is 31.2 Å². The molecule has 1 heterocycles. The Hall–Kier alpha value is -1.66. The van der Waals surface area contributed by atoms with Crippen molar-refractivity contribution in [3.63, 3.8) is 0 Å². The number of amides is 1. The lowest BCUT2D eigenvalue weighted by molar-refractivity contribution is -0.130. The number of ether oxygens (including phenoxy) is 2. The summed E-state index contributed by atoms with van der Waals surface area (Å²) in [5, 5.41) is 2.00. The molecule has 0 N–H and O–H groups in total. The second kappa shape index (κ2) is 9.73. The fraction of sp³-hybridized carbons (Fsp3) is 0.421. The minimum atomic E-state index is -0.0322. The standard InChI is InChI=1S/C19H25NO3S2/c1-5-20(19(21)14(2)24-4)12-15-8-9-17(18(11-15)22-3)23-13-16-7-6-10-25-16/h6-11,14H,5,12-13H2,1-4H3. The van der Waals surface area contributed by atoms with Crippen molar-refractivity contribution in [2.75, 3.05) is 19.9 Å². The van der Waals surface area contributed by atoms with Crippen molar-refractivity contribution in [1.82, 2.24) is 4.90 Å². The molecule has 0 saturated heterocycles. The van der Waals surface area contributed by atoms with Crippen molar-refractivity contribution in [2.45, 2.75) is 32.2 Å². The van der Waals surface area contributed by atoms with Gasteiger partial charge in [0.05, 0.1) is 12.4 Å². The van der Waals surface area contributed by atoms with Crippen LogP contribution in [0.15, 0.2) is 35.7 Å². The Morgan fingerprint density at radius 1 is 1.32 bits per heavy atom. The van der Waals surface area contributed by atoms with Gasteiger partial charge in [0.15, 0.2) is 11.5 Å². The number of carbonyl (C=O) groups excluding carboxylic acids is 1. The van der Waals surface area contributed by atoms with Crippen molar-refractivity contribution < 1.29 is 14.3 Å². The summed E-state index contributed by atoms with van der Waals surface area (Å²) >= 11 is 3.23. The van der Waals surface area contributed by atoms with Gasteiger partial charge in [0.1, 0.15) is 6.61 Å². The number of nitrogens with zero attached hydrogens (tertiary/aromatic N) is 1. The molecule has 2 aromatic rings. The van der Waals surface area contributed by atoms with Gasteiger partial charge in [-0.25, -0.2) is 0 Å². The van der Waals surface area contributed by atoms with Crippen LogP contribution in [0.4, 0.5) is 0 Å². The fourth-order valence-corrected chi connectivity index (χ4v) is 3.36. The number of thiophene rings is 1. The summed E-state index contributed by atoms with van der Waals surface area (Å²) in [6, 6.07) is 9.91. The molecule has 136 valence electrons. The minimum Gasteiger partial charge on any atom is -0.493 e. The van der Waals surface area contributed by atoms with E-state index in [1.54, 1.807) is 30.2 Å². The van der Waals surface area contributed by atoms with E-state index >= 15 is 0 Å². The summed E-state index contributed by atoms with van der Waals surface area (Å²) in [4.78, 5) is 15.4. The first-order valence-electron chi connectivity index (χ1n) is 8.22. The number of rotatable bonds is 9. The van der Waals surface area contributed by atoms with Gasteiger partial charge in [0, 0.05) is 18.0 Å². The van der Waals surface area contributed by atoms with Gasteiger partial charge in [0.2, 0.25) is 5.91 Å². The number of methoxy groups -OCH3 is 1. The van der Waals surface area contributed by atoms with Crippen LogP contribution in [0.5, 0.6) is 11.5 Å². The van der Waals surface area contributed by atoms with E-state index in [0.717, 1.165) is 5.56 Å². The lowest BCUT2D eigenvalue weighted by Crippen LogP contribution is -2.35. The second-order valence-electron chi connectivity index (χ2n) is 5.58. The Bertz CT molecular complexity index is 673. The van der Waals surface area contributed by atoms with E-state index in [1.807, 2.05) is 60.7 Å². The molecular formula is C19H25NO3S2. The maximum Gasteiger partial charge on any atom is 0.235 e. The molecular weight excluding hydrogens is 354 g/mol. The molecule has 1 atom stereocenters. The van der Waals surface area contributed by atoms with E-state index < -0.39 is 0 Å². The molecule has 0 aliphatic rings. The normalized spacial score (nSPS) is 11.8. The zero-order valence-corrected chi connectivity index (χ0v) is 16.8. The molecule has 4 nitrogen and oxygen atoms in total. The van der Waals surface area contributed by atoms with Crippen LogP contribution in [0.3, 0.4) is 0 Å². The molecule has 2 rings (SSSR count). The predicted octanol–water partition coefficient (Wildman–Crippen LogP) is 4.44. The Labute approximate surface area is 158 Å². The van der Waals surface area contributed by atoms with Gasteiger partial charge >= 0.3 is 0 Å². The topological polar surface area (TPSA) is 38.8 Å². The highest BCUT2D eigenvalue weighted by molar-refractivity contribution is 7.99. The molecule has 0 spiro atoms. The van der Waals surface area contributed by atoms with Gasteiger partial charge < -0.3 is 14.4 Å². The van der Waals surface area contributed by atoms with Crippen LogP contribution in [0.1, 0.15) is 24.3 Å². The van der Waals surface area contributed by atoms with Gasteiger partial charge in [-0.2, -0.15) is 11.8 Å². The maximum atomic E-state index is 12.4. The van der Waals surface area contributed by atoms with Crippen LogP contribution >= 0.6 is 23.1 Å². The van der Waals surface area contributed by atoms with Crippen LogP contribution in [0, 0.1) is 0 Å². The van der Waals surface area contributed by atoms with Gasteiger partial charge in [-0.05, 0) is 49.2 Å². The largest absolute Gasteiger partial charge is 0.493 e. The van der Waals surface area contributed by atoms with Crippen LogP contribution in [0.2, 0.25) is 0 Å². The third kappa shape index (κ3) is 5.41. The van der Waals surface area contributed by atoms with E-state index in [2.05, 4.69) is 0 Å². The fourth-order valence-electron chi connectivity index (χ4n) is 2.40. The van der Waals surface area contributed by atoms with Crippen molar-refractivity contribution in [3.05, 3.63) is 46.2 Å². The minimum absolute atomic E-state index is 0.0322. The first-order valence-corrected chi connectivity index (χ1v) is 10.4. The van der Waals surface area contributed by atoms with E-state index in [4.69, 9.17) is 9.47 Å². The van der Waals surface area contributed by atoms with Gasteiger partial charge in [-0.15, -0.1) is 11.3 Å². The molecule has 25 heavy (non-hydrogen) atoms. The van der Waals surface area contributed by atoms with E-state index in [1.165, 1.54) is 4.88 Å². The second-order valence-corrected chi connectivity index (χ2v) is 7.79. The van der Waals surface area contributed by atoms with Crippen LogP contribution in [0.25, 0.3) is 0 Å². The Kier molecular flexibility index (Phi) is 7.65. The molecule has 0 radical (unpaired) electrons. The number of hydrogen-bond acceptors (Lipinski definition) is 5. The van der Waals surface area contributed by atoms with Crippen molar-refractivity contribution >= 4 is 29.0 Å². The first-order chi connectivity index (χ1) is 12.1. The third-order valence-electron chi connectivity index (χ3n) is 3.95. The molecule has 0 fully saturated rings. The van der Waals surface area contributed by atoms with E-state index in [-0.39, 0.29) is 11.2 Å². The lowest BCUT2D eigenvalue weighted by atomic mass is 10.1.